The molecule has 2 fully saturated rings. The Labute approximate surface area is 135 Å². The van der Waals surface area contributed by atoms with E-state index in [1.54, 1.807) is 0 Å². The number of carbonyl (C=O) groups excluding carboxylic acids is 2. The zero-order valence-corrected chi connectivity index (χ0v) is 13.8. The second-order valence-corrected chi connectivity index (χ2v) is 6.65. The lowest BCUT2D eigenvalue weighted by atomic mass is 10.1. The molecule has 116 valence electrons. The van der Waals surface area contributed by atoms with E-state index < -0.39 is 0 Å². The van der Waals surface area contributed by atoms with Gasteiger partial charge in [-0.15, -0.1) is 0 Å². The maximum atomic E-state index is 12.1. The first kappa shape index (κ1) is 15.2. The van der Waals surface area contributed by atoms with Crippen molar-refractivity contribution in [3.63, 3.8) is 0 Å². The summed E-state index contributed by atoms with van der Waals surface area (Å²) in [6, 6.07) is 6.32. The SMILES string of the molecule is CCN1C(=O)S/C(=C\c2ccc(N3CCCC3)cc2C)C1=O. The van der Waals surface area contributed by atoms with Crippen molar-refractivity contribution in [2.45, 2.75) is 26.7 Å². The quantitative estimate of drug-likeness (QED) is 0.798. The van der Waals surface area contributed by atoms with Crippen molar-refractivity contribution >= 4 is 34.7 Å². The first-order valence-electron chi connectivity index (χ1n) is 7.71. The predicted octanol–water partition coefficient (Wildman–Crippen LogP) is 3.65. The predicted molar refractivity (Wildman–Crippen MR) is 91.0 cm³/mol. The molecule has 1 aromatic rings. The number of hydrogen-bond acceptors (Lipinski definition) is 4. The maximum absolute atomic E-state index is 12.1. The van der Waals surface area contributed by atoms with Crippen LogP contribution in [0.25, 0.3) is 6.08 Å². The number of amides is 2. The fourth-order valence-electron chi connectivity index (χ4n) is 2.91. The number of rotatable bonds is 3. The molecule has 2 aliphatic rings. The number of thioether (sulfide) groups is 1. The molecule has 4 nitrogen and oxygen atoms in total. The summed E-state index contributed by atoms with van der Waals surface area (Å²) in [6.45, 7) is 6.53. The third-order valence-electron chi connectivity index (χ3n) is 4.20. The molecule has 5 heteroatoms. The van der Waals surface area contributed by atoms with E-state index >= 15 is 0 Å². The average molecular weight is 316 g/mol. The standard InChI is InChI=1S/C17H20N2O2S/c1-3-19-16(20)15(22-17(19)21)11-13-6-7-14(10-12(13)2)18-8-4-5-9-18/h6-7,10-11H,3-5,8-9H2,1-2H3/b15-11-. The van der Waals surface area contributed by atoms with Crippen molar-refractivity contribution in [1.29, 1.82) is 0 Å². The zero-order chi connectivity index (χ0) is 15.7. The smallest absolute Gasteiger partial charge is 0.293 e. The molecular weight excluding hydrogens is 296 g/mol. The normalized spacial score (nSPS) is 20.5. The Kier molecular flexibility index (Phi) is 4.25. The van der Waals surface area contributed by atoms with Crippen LogP contribution in [0, 0.1) is 6.92 Å². The number of anilines is 1. The summed E-state index contributed by atoms with van der Waals surface area (Å²) >= 11 is 1.03. The number of imide groups is 1. The van der Waals surface area contributed by atoms with E-state index in [9.17, 15) is 9.59 Å². The highest BCUT2D eigenvalue weighted by atomic mass is 32.2. The van der Waals surface area contributed by atoms with E-state index in [-0.39, 0.29) is 11.1 Å². The van der Waals surface area contributed by atoms with Gasteiger partial charge in [0.15, 0.2) is 0 Å². The summed E-state index contributed by atoms with van der Waals surface area (Å²) < 4.78 is 0. The van der Waals surface area contributed by atoms with E-state index in [1.165, 1.54) is 23.4 Å². The van der Waals surface area contributed by atoms with Crippen LogP contribution in [0.2, 0.25) is 0 Å². The van der Waals surface area contributed by atoms with E-state index in [4.69, 9.17) is 0 Å². The Morgan fingerprint density at radius 3 is 2.55 bits per heavy atom. The van der Waals surface area contributed by atoms with Crippen LogP contribution >= 0.6 is 11.8 Å². The van der Waals surface area contributed by atoms with E-state index in [1.807, 2.05) is 19.1 Å². The molecular formula is C17H20N2O2S. The molecule has 2 saturated heterocycles. The third kappa shape index (κ3) is 2.77. The molecule has 0 aliphatic carbocycles. The summed E-state index contributed by atoms with van der Waals surface area (Å²) in [7, 11) is 0. The zero-order valence-electron chi connectivity index (χ0n) is 13.0. The molecule has 0 saturated carbocycles. The fraction of sp³-hybridized carbons (Fsp3) is 0.412. The number of carbonyl (C=O) groups is 2. The van der Waals surface area contributed by atoms with Gasteiger partial charge in [0.05, 0.1) is 4.91 Å². The minimum Gasteiger partial charge on any atom is -0.372 e. The van der Waals surface area contributed by atoms with Gasteiger partial charge in [0.1, 0.15) is 0 Å². The van der Waals surface area contributed by atoms with Crippen LogP contribution in [0.5, 0.6) is 0 Å². The number of likely N-dealkylation sites (N-methyl/N-ethyl adjacent to an activating group) is 1. The highest BCUT2D eigenvalue weighted by Crippen LogP contribution is 2.33. The minimum atomic E-state index is -0.180. The third-order valence-corrected chi connectivity index (χ3v) is 5.11. The number of benzene rings is 1. The average Bonchev–Trinajstić information content (AvgIpc) is 3.11. The van der Waals surface area contributed by atoms with Gasteiger partial charge in [-0.25, -0.2) is 0 Å². The van der Waals surface area contributed by atoms with Crippen LogP contribution in [-0.2, 0) is 4.79 Å². The first-order valence-corrected chi connectivity index (χ1v) is 8.52. The van der Waals surface area contributed by atoms with Crippen LogP contribution in [-0.4, -0.2) is 35.7 Å². The maximum Gasteiger partial charge on any atom is 0.293 e. The molecule has 0 N–H and O–H groups in total. The van der Waals surface area contributed by atoms with Gasteiger partial charge in [0, 0.05) is 25.3 Å². The van der Waals surface area contributed by atoms with Gasteiger partial charge in [0.25, 0.3) is 11.1 Å². The van der Waals surface area contributed by atoms with Crippen molar-refractivity contribution < 1.29 is 9.59 Å². The highest BCUT2D eigenvalue weighted by molar-refractivity contribution is 8.18. The van der Waals surface area contributed by atoms with Crippen LogP contribution < -0.4 is 4.90 Å². The fourth-order valence-corrected chi connectivity index (χ4v) is 3.80. The molecule has 0 radical (unpaired) electrons. The van der Waals surface area contributed by atoms with Crippen LogP contribution in [0.15, 0.2) is 23.1 Å². The van der Waals surface area contributed by atoms with Gasteiger partial charge < -0.3 is 4.90 Å². The molecule has 3 rings (SSSR count). The molecule has 22 heavy (non-hydrogen) atoms. The van der Waals surface area contributed by atoms with E-state index in [0.717, 1.165) is 36.0 Å². The molecule has 1 aromatic carbocycles. The largest absolute Gasteiger partial charge is 0.372 e. The molecule has 2 heterocycles. The van der Waals surface area contributed by atoms with Crippen LogP contribution in [0.3, 0.4) is 0 Å². The van der Waals surface area contributed by atoms with Gasteiger partial charge in [-0.1, -0.05) is 6.07 Å². The molecule has 0 spiro atoms. The van der Waals surface area contributed by atoms with Crippen LogP contribution in [0.4, 0.5) is 10.5 Å². The van der Waals surface area contributed by atoms with Crippen molar-refractivity contribution in [3.05, 3.63) is 34.2 Å². The van der Waals surface area contributed by atoms with Crippen molar-refractivity contribution in [2.24, 2.45) is 0 Å². The Morgan fingerprint density at radius 2 is 1.95 bits per heavy atom. The van der Waals surface area contributed by atoms with Gasteiger partial charge in [-0.05, 0) is 67.8 Å². The number of hydrogen-bond donors (Lipinski definition) is 0. The molecule has 2 aliphatic heterocycles. The Morgan fingerprint density at radius 1 is 1.23 bits per heavy atom. The number of nitrogens with zero attached hydrogens (tertiary/aromatic N) is 2. The van der Waals surface area contributed by atoms with Gasteiger partial charge in [0.2, 0.25) is 0 Å². The summed E-state index contributed by atoms with van der Waals surface area (Å²) in [5.41, 5.74) is 3.38. The summed E-state index contributed by atoms with van der Waals surface area (Å²) in [5.74, 6) is -0.180. The lowest BCUT2D eigenvalue weighted by Crippen LogP contribution is -2.27. The summed E-state index contributed by atoms with van der Waals surface area (Å²) in [4.78, 5) is 28.1. The summed E-state index contributed by atoms with van der Waals surface area (Å²) in [5, 5.41) is -0.176. The van der Waals surface area contributed by atoms with Gasteiger partial charge >= 0.3 is 0 Å². The van der Waals surface area contributed by atoms with E-state index in [2.05, 4.69) is 24.0 Å². The van der Waals surface area contributed by atoms with Gasteiger partial charge in [-0.2, -0.15) is 0 Å². The first-order chi connectivity index (χ1) is 10.6. The lowest BCUT2D eigenvalue weighted by Gasteiger charge is -2.18. The summed E-state index contributed by atoms with van der Waals surface area (Å²) in [6.07, 6.45) is 4.35. The van der Waals surface area contributed by atoms with Crippen molar-refractivity contribution in [3.8, 4) is 0 Å². The second-order valence-electron chi connectivity index (χ2n) is 5.66. The van der Waals surface area contributed by atoms with Crippen molar-refractivity contribution in [2.75, 3.05) is 24.5 Å². The van der Waals surface area contributed by atoms with E-state index in [0.29, 0.717) is 11.4 Å². The lowest BCUT2D eigenvalue weighted by molar-refractivity contribution is -0.122. The Balaban J connectivity index is 1.85. The molecule has 2 amide bonds. The highest BCUT2D eigenvalue weighted by Gasteiger charge is 2.33. The Bertz CT molecular complexity index is 648. The van der Waals surface area contributed by atoms with Gasteiger partial charge in [-0.3, -0.25) is 14.5 Å². The Hall–Kier alpha value is -1.75. The monoisotopic (exact) mass is 316 g/mol. The second kappa shape index (κ2) is 6.16. The molecule has 0 bridgehead atoms. The minimum absolute atomic E-state index is 0.176. The molecule has 0 aromatic heterocycles. The molecule has 0 atom stereocenters. The molecule has 0 unspecified atom stereocenters. The van der Waals surface area contributed by atoms with Crippen LogP contribution in [0.1, 0.15) is 30.9 Å². The number of aryl methyl sites for hydroxylation is 1. The van der Waals surface area contributed by atoms with Crippen molar-refractivity contribution in [1.82, 2.24) is 4.90 Å². The topological polar surface area (TPSA) is 40.6 Å².